The molecule has 0 aromatic rings. The van der Waals surface area contributed by atoms with Gasteiger partial charge in [0.2, 0.25) is 5.91 Å². The molecule has 86 valence electrons. The van der Waals surface area contributed by atoms with Gasteiger partial charge in [-0.2, -0.15) is 0 Å². The zero-order chi connectivity index (χ0) is 11.5. The van der Waals surface area contributed by atoms with E-state index in [1.807, 2.05) is 0 Å². The Morgan fingerprint density at radius 3 is 2.20 bits per heavy atom. The van der Waals surface area contributed by atoms with E-state index in [1.54, 1.807) is 13.8 Å². The molecule has 15 heavy (non-hydrogen) atoms. The molecular formula is C11H21N3O. The van der Waals surface area contributed by atoms with Gasteiger partial charge in [-0.1, -0.05) is 19.3 Å². The maximum absolute atomic E-state index is 11.1. The Bertz CT molecular complexity index is 265. The van der Waals surface area contributed by atoms with Gasteiger partial charge in [0.25, 0.3) is 0 Å². The lowest BCUT2D eigenvalue weighted by Gasteiger charge is -2.24. The van der Waals surface area contributed by atoms with Crippen molar-refractivity contribution in [2.75, 3.05) is 0 Å². The van der Waals surface area contributed by atoms with Crippen LogP contribution in [0.4, 0.5) is 0 Å². The molecule has 0 unspecified atom stereocenters. The van der Waals surface area contributed by atoms with E-state index >= 15 is 0 Å². The molecule has 0 aromatic carbocycles. The van der Waals surface area contributed by atoms with Crippen LogP contribution in [0.15, 0.2) is 4.99 Å². The van der Waals surface area contributed by atoms with E-state index in [2.05, 4.69) is 4.99 Å². The van der Waals surface area contributed by atoms with Crippen molar-refractivity contribution in [3.05, 3.63) is 0 Å². The van der Waals surface area contributed by atoms with Crippen LogP contribution in [0, 0.1) is 5.92 Å². The number of primary amides is 1. The summed E-state index contributed by atoms with van der Waals surface area (Å²) in [7, 11) is 0. The van der Waals surface area contributed by atoms with Gasteiger partial charge in [-0.05, 0) is 26.7 Å². The number of hydrogen-bond acceptors (Lipinski definition) is 2. The van der Waals surface area contributed by atoms with Crippen molar-refractivity contribution in [3.8, 4) is 0 Å². The first-order valence-corrected chi connectivity index (χ1v) is 5.58. The standard InChI is InChI=1S/C11H21N3O/c1-11(2,10(13)15)14-9(12)8-6-4-3-5-7-8/h8H,3-7H2,1-2H3,(H2,12,14)(H2,13,15). The third-order valence-corrected chi connectivity index (χ3v) is 3.04. The minimum atomic E-state index is -0.873. The van der Waals surface area contributed by atoms with Crippen LogP contribution in [0.5, 0.6) is 0 Å². The highest BCUT2D eigenvalue weighted by atomic mass is 16.1. The van der Waals surface area contributed by atoms with Crippen LogP contribution < -0.4 is 11.5 Å². The summed E-state index contributed by atoms with van der Waals surface area (Å²) in [6.07, 6.45) is 5.87. The summed E-state index contributed by atoms with van der Waals surface area (Å²) in [4.78, 5) is 15.4. The zero-order valence-electron chi connectivity index (χ0n) is 9.62. The van der Waals surface area contributed by atoms with E-state index in [0.717, 1.165) is 12.8 Å². The number of amides is 1. The number of hydrogen-bond donors (Lipinski definition) is 2. The summed E-state index contributed by atoms with van der Waals surface area (Å²) in [5.41, 5.74) is 10.3. The molecule has 1 amide bonds. The lowest BCUT2D eigenvalue weighted by Crippen LogP contribution is -2.39. The quantitative estimate of drug-likeness (QED) is 0.543. The van der Waals surface area contributed by atoms with Gasteiger partial charge in [0, 0.05) is 5.92 Å². The summed E-state index contributed by atoms with van der Waals surface area (Å²) in [5, 5.41) is 0. The van der Waals surface area contributed by atoms with Crippen LogP contribution in [-0.2, 0) is 4.79 Å². The van der Waals surface area contributed by atoms with Crippen molar-refractivity contribution in [1.29, 1.82) is 0 Å². The van der Waals surface area contributed by atoms with Crippen molar-refractivity contribution in [1.82, 2.24) is 0 Å². The molecule has 0 atom stereocenters. The Kier molecular flexibility index (Phi) is 3.72. The molecule has 0 radical (unpaired) electrons. The van der Waals surface area contributed by atoms with Gasteiger partial charge in [0.15, 0.2) is 0 Å². The summed E-state index contributed by atoms with van der Waals surface area (Å²) < 4.78 is 0. The summed E-state index contributed by atoms with van der Waals surface area (Å²) in [6, 6.07) is 0. The maximum atomic E-state index is 11.1. The van der Waals surface area contributed by atoms with Crippen molar-refractivity contribution in [2.45, 2.75) is 51.5 Å². The summed E-state index contributed by atoms with van der Waals surface area (Å²) in [5.74, 6) is 0.511. The molecule has 0 bridgehead atoms. The van der Waals surface area contributed by atoms with Crippen LogP contribution in [-0.4, -0.2) is 17.3 Å². The molecule has 4 N–H and O–H groups in total. The van der Waals surface area contributed by atoms with Crippen molar-refractivity contribution >= 4 is 11.7 Å². The predicted molar refractivity (Wildman–Crippen MR) is 61.5 cm³/mol. The Morgan fingerprint density at radius 1 is 1.20 bits per heavy atom. The van der Waals surface area contributed by atoms with Crippen LogP contribution in [0.3, 0.4) is 0 Å². The Labute approximate surface area is 91.1 Å². The number of amidine groups is 1. The second kappa shape index (κ2) is 4.64. The molecule has 1 rings (SSSR count). The fraction of sp³-hybridized carbons (Fsp3) is 0.818. The lowest BCUT2D eigenvalue weighted by molar-refractivity contribution is -0.121. The highest BCUT2D eigenvalue weighted by Crippen LogP contribution is 2.24. The van der Waals surface area contributed by atoms with Crippen LogP contribution in [0.2, 0.25) is 0 Å². The van der Waals surface area contributed by atoms with Gasteiger partial charge < -0.3 is 11.5 Å². The fourth-order valence-electron chi connectivity index (χ4n) is 1.87. The Balaban J connectivity index is 2.69. The number of carbonyl (C=O) groups excluding carboxylic acids is 1. The van der Waals surface area contributed by atoms with E-state index < -0.39 is 11.4 Å². The SMILES string of the molecule is CC(C)(N=C(N)C1CCCCC1)C(N)=O. The first-order chi connectivity index (χ1) is 6.93. The van der Waals surface area contributed by atoms with Crippen LogP contribution >= 0.6 is 0 Å². The average Bonchev–Trinajstić information content (AvgIpc) is 2.18. The monoisotopic (exact) mass is 211 g/mol. The molecule has 1 aliphatic carbocycles. The Hall–Kier alpha value is -1.06. The highest BCUT2D eigenvalue weighted by Gasteiger charge is 2.26. The molecule has 0 saturated heterocycles. The van der Waals surface area contributed by atoms with Crippen LogP contribution in [0.1, 0.15) is 46.0 Å². The summed E-state index contributed by atoms with van der Waals surface area (Å²) in [6.45, 7) is 3.40. The molecule has 0 spiro atoms. The maximum Gasteiger partial charge on any atom is 0.244 e. The predicted octanol–water partition coefficient (Wildman–Crippen LogP) is 1.19. The van der Waals surface area contributed by atoms with E-state index in [0.29, 0.717) is 11.8 Å². The van der Waals surface area contributed by atoms with Crippen molar-refractivity contribution < 1.29 is 4.79 Å². The topological polar surface area (TPSA) is 81.5 Å². The molecule has 0 heterocycles. The van der Waals surface area contributed by atoms with E-state index in [-0.39, 0.29) is 0 Å². The molecule has 4 heteroatoms. The van der Waals surface area contributed by atoms with Crippen LogP contribution in [0.25, 0.3) is 0 Å². The first kappa shape index (κ1) is 12.0. The van der Waals surface area contributed by atoms with Gasteiger partial charge in [-0.3, -0.25) is 9.79 Å². The summed E-state index contributed by atoms with van der Waals surface area (Å²) >= 11 is 0. The average molecular weight is 211 g/mol. The number of nitrogens with zero attached hydrogens (tertiary/aromatic N) is 1. The molecular weight excluding hydrogens is 190 g/mol. The number of aliphatic imine (C=N–C) groups is 1. The molecule has 1 aliphatic rings. The normalized spacial score (nSPS) is 20.3. The third-order valence-electron chi connectivity index (χ3n) is 3.04. The molecule has 0 aromatic heterocycles. The molecule has 4 nitrogen and oxygen atoms in total. The second-order valence-corrected chi connectivity index (χ2v) is 4.79. The molecule has 1 saturated carbocycles. The van der Waals surface area contributed by atoms with Crippen molar-refractivity contribution in [3.63, 3.8) is 0 Å². The Morgan fingerprint density at radius 2 is 1.73 bits per heavy atom. The minimum absolute atomic E-state index is 0.345. The molecule has 1 fully saturated rings. The number of rotatable bonds is 3. The van der Waals surface area contributed by atoms with E-state index in [4.69, 9.17) is 11.5 Å². The number of carbonyl (C=O) groups is 1. The van der Waals surface area contributed by atoms with Gasteiger partial charge in [0.05, 0.1) is 5.84 Å². The van der Waals surface area contributed by atoms with Gasteiger partial charge in [-0.15, -0.1) is 0 Å². The highest BCUT2D eigenvalue weighted by molar-refractivity contribution is 5.90. The lowest BCUT2D eigenvalue weighted by atomic mass is 9.88. The number of nitrogens with two attached hydrogens (primary N) is 2. The largest absolute Gasteiger partial charge is 0.387 e. The van der Waals surface area contributed by atoms with E-state index in [9.17, 15) is 4.79 Å². The zero-order valence-corrected chi connectivity index (χ0v) is 9.62. The minimum Gasteiger partial charge on any atom is -0.387 e. The molecule has 0 aliphatic heterocycles. The van der Waals surface area contributed by atoms with E-state index in [1.165, 1.54) is 19.3 Å². The van der Waals surface area contributed by atoms with Gasteiger partial charge >= 0.3 is 0 Å². The smallest absolute Gasteiger partial charge is 0.244 e. The third kappa shape index (κ3) is 3.22. The van der Waals surface area contributed by atoms with Gasteiger partial charge in [0.1, 0.15) is 5.54 Å². The van der Waals surface area contributed by atoms with Crippen molar-refractivity contribution in [2.24, 2.45) is 22.4 Å². The van der Waals surface area contributed by atoms with Gasteiger partial charge in [-0.25, -0.2) is 0 Å². The first-order valence-electron chi connectivity index (χ1n) is 5.58. The second-order valence-electron chi connectivity index (χ2n) is 4.79. The fourth-order valence-corrected chi connectivity index (χ4v) is 1.87.